The molecule has 1 unspecified atom stereocenters. The van der Waals surface area contributed by atoms with Gasteiger partial charge in [-0.2, -0.15) is 0 Å². The summed E-state index contributed by atoms with van der Waals surface area (Å²) < 4.78 is 11.3. The van der Waals surface area contributed by atoms with Gasteiger partial charge in [0, 0.05) is 17.2 Å². The van der Waals surface area contributed by atoms with E-state index in [1.807, 2.05) is 10.8 Å². The molecule has 0 spiro atoms. The molecule has 0 bridgehead atoms. The van der Waals surface area contributed by atoms with Gasteiger partial charge in [-0.1, -0.05) is 39.0 Å². The maximum absolute atomic E-state index is 11.8. The highest BCUT2D eigenvalue weighted by atomic mass is 32.1. The van der Waals surface area contributed by atoms with Gasteiger partial charge in [-0.05, 0) is 6.42 Å². The number of amides is 1. The fourth-order valence-electron chi connectivity index (χ4n) is 2.34. The van der Waals surface area contributed by atoms with Gasteiger partial charge in [-0.15, -0.1) is 11.3 Å². The molecule has 0 aromatic carbocycles. The van der Waals surface area contributed by atoms with Gasteiger partial charge < -0.3 is 14.8 Å². The van der Waals surface area contributed by atoms with Crippen LogP contribution in [-0.2, 0) is 4.79 Å². The lowest BCUT2D eigenvalue weighted by molar-refractivity contribution is -0.121. The number of carbonyl (C=O) groups excluding carboxylic acids is 1. The van der Waals surface area contributed by atoms with Gasteiger partial charge >= 0.3 is 0 Å². The molecule has 1 N–H and O–H groups in total. The van der Waals surface area contributed by atoms with Crippen molar-refractivity contribution in [2.45, 2.75) is 58.0 Å². The minimum absolute atomic E-state index is 0.0828. The molecule has 1 atom stereocenters. The van der Waals surface area contributed by atoms with Crippen molar-refractivity contribution in [2.75, 3.05) is 13.2 Å². The number of carbonyl (C=O) groups is 1. The fourth-order valence-corrected chi connectivity index (χ4v) is 3.01. The van der Waals surface area contributed by atoms with Crippen molar-refractivity contribution < 1.29 is 14.3 Å². The number of ether oxygens (including phenoxy) is 2. The third-order valence-corrected chi connectivity index (χ3v) is 4.30. The molecule has 4 nitrogen and oxygen atoms in total. The molecule has 0 fully saturated rings. The van der Waals surface area contributed by atoms with Crippen LogP contribution in [-0.4, -0.2) is 25.2 Å². The summed E-state index contributed by atoms with van der Waals surface area (Å²) in [7, 11) is 0. The van der Waals surface area contributed by atoms with E-state index >= 15 is 0 Å². The molecule has 2 rings (SSSR count). The Hall–Kier alpha value is -1.23. The molecule has 1 aromatic heterocycles. The number of hydrogen-bond acceptors (Lipinski definition) is 4. The monoisotopic (exact) mass is 311 g/mol. The smallest absolute Gasteiger partial charge is 0.220 e. The molecule has 21 heavy (non-hydrogen) atoms. The Kier molecular flexibility index (Phi) is 6.86. The predicted molar refractivity (Wildman–Crippen MR) is 85.2 cm³/mol. The lowest BCUT2D eigenvalue weighted by Crippen LogP contribution is -2.40. The molecule has 1 aliphatic heterocycles. The quantitative estimate of drug-likeness (QED) is 0.706. The second-order valence-electron chi connectivity index (χ2n) is 5.47. The maximum Gasteiger partial charge on any atom is 0.220 e. The summed E-state index contributed by atoms with van der Waals surface area (Å²) in [5.41, 5.74) is 0. The zero-order valence-corrected chi connectivity index (χ0v) is 13.5. The van der Waals surface area contributed by atoms with Crippen LogP contribution in [0.25, 0.3) is 0 Å². The zero-order chi connectivity index (χ0) is 14.9. The van der Waals surface area contributed by atoms with E-state index in [-0.39, 0.29) is 12.0 Å². The number of rotatable bonds is 9. The van der Waals surface area contributed by atoms with Crippen molar-refractivity contribution in [1.29, 1.82) is 0 Å². The van der Waals surface area contributed by atoms with Crippen molar-refractivity contribution in [3.8, 4) is 11.5 Å². The highest BCUT2D eigenvalue weighted by Crippen LogP contribution is 2.35. The second-order valence-corrected chi connectivity index (χ2v) is 6.22. The number of hydrogen-bond donors (Lipinski definition) is 1. The molecule has 0 saturated carbocycles. The van der Waals surface area contributed by atoms with Crippen molar-refractivity contribution in [3.05, 3.63) is 10.8 Å². The van der Waals surface area contributed by atoms with E-state index < -0.39 is 0 Å². The Morgan fingerprint density at radius 2 is 2.00 bits per heavy atom. The third-order valence-electron chi connectivity index (χ3n) is 3.60. The number of nitrogens with one attached hydrogen (secondary N) is 1. The summed E-state index contributed by atoms with van der Waals surface area (Å²) in [5, 5.41) is 6.80. The summed E-state index contributed by atoms with van der Waals surface area (Å²) in [6.45, 7) is 3.23. The largest absolute Gasteiger partial charge is 0.485 e. The second kappa shape index (κ2) is 8.93. The van der Waals surface area contributed by atoms with Gasteiger partial charge in [-0.3, -0.25) is 4.79 Å². The first-order valence-corrected chi connectivity index (χ1v) is 8.86. The Morgan fingerprint density at radius 1 is 1.24 bits per heavy atom. The summed E-state index contributed by atoms with van der Waals surface area (Å²) in [6.07, 6.45) is 7.74. The minimum atomic E-state index is -0.0828. The van der Waals surface area contributed by atoms with E-state index in [4.69, 9.17) is 9.47 Å². The van der Waals surface area contributed by atoms with Gasteiger partial charge in [0.25, 0.3) is 0 Å². The predicted octanol–water partition coefficient (Wildman–Crippen LogP) is 3.75. The maximum atomic E-state index is 11.8. The molecule has 0 aliphatic carbocycles. The van der Waals surface area contributed by atoms with Crippen molar-refractivity contribution >= 4 is 17.2 Å². The van der Waals surface area contributed by atoms with E-state index in [1.165, 1.54) is 25.7 Å². The molecule has 2 heterocycles. The molecule has 5 heteroatoms. The highest BCUT2D eigenvalue weighted by molar-refractivity contribution is 7.08. The zero-order valence-electron chi connectivity index (χ0n) is 12.7. The fraction of sp³-hybridized carbons (Fsp3) is 0.688. The standard InChI is InChI=1S/C16H25NO3S/c1-2-3-4-5-6-7-8-16(18)17-9-13-10-19-14-11-21-12-15(14)20-13/h11-13H,2-10H2,1H3,(H,17,18). The lowest BCUT2D eigenvalue weighted by atomic mass is 10.1. The SMILES string of the molecule is CCCCCCCCC(=O)NCC1COc2cscc2O1. The topological polar surface area (TPSA) is 47.6 Å². The van der Waals surface area contributed by atoms with Crippen LogP contribution in [0.3, 0.4) is 0 Å². The van der Waals surface area contributed by atoms with Crippen molar-refractivity contribution in [2.24, 2.45) is 0 Å². The summed E-state index contributed by atoms with van der Waals surface area (Å²) in [5.74, 6) is 1.72. The average Bonchev–Trinajstić information content (AvgIpc) is 2.96. The molecule has 1 amide bonds. The van der Waals surface area contributed by atoms with E-state index in [0.29, 0.717) is 19.6 Å². The van der Waals surface area contributed by atoms with E-state index in [0.717, 1.165) is 24.3 Å². The Bertz CT molecular complexity index is 433. The number of thiophene rings is 1. The normalized spacial score (nSPS) is 16.7. The van der Waals surface area contributed by atoms with Gasteiger partial charge in [0.1, 0.15) is 12.7 Å². The van der Waals surface area contributed by atoms with Crippen molar-refractivity contribution in [1.82, 2.24) is 5.32 Å². The summed E-state index contributed by atoms with van der Waals surface area (Å²) in [4.78, 5) is 11.8. The van der Waals surface area contributed by atoms with Gasteiger partial charge in [-0.25, -0.2) is 0 Å². The molecule has 0 radical (unpaired) electrons. The first kappa shape index (κ1) is 16.1. The van der Waals surface area contributed by atoms with Crippen LogP contribution in [0.1, 0.15) is 51.9 Å². The summed E-state index contributed by atoms with van der Waals surface area (Å²) in [6, 6.07) is 0. The van der Waals surface area contributed by atoms with Crippen LogP contribution in [0.15, 0.2) is 10.8 Å². The van der Waals surface area contributed by atoms with Crippen LogP contribution in [0, 0.1) is 0 Å². The van der Waals surface area contributed by atoms with E-state index in [9.17, 15) is 4.79 Å². The first-order chi connectivity index (χ1) is 10.3. The first-order valence-electron chi connectivity index (χ1n) is 7.92. The third kappa shape index (κ3) is 5.58. The van der Waals surface area contributed by atoms with Crippen LogP contribution in [0.2, 0.25) is 0 Å². The van der Waals surface area contributed by atoms with Gasteiger partial charge in [0.2, 0.25) is 5.91 Å². The molecular weight excluding hydrogens is 286 g/mol. The van der Waals surface area contributed by atoms with Crippen LogP contribution in [0.4, 0.5) is 0 Å². The van der Waals surface area contributed by atoms with E-state index in [1.54, 1.807) is 11.3 Å². The van der Waals surface area contributed by atoms with E-state index in [2.05, 4.69) is 12.2 Å². The average molecular weight is 311 g/mol. The van der Waals surface area contributed by atoms with Crippen LogP contribution >= 0.6 is 11.3 Å². The Balaban J connectivity index is 1.53. The van der Waals surface area contributed by atoms with Crippen LogP contribution < -0.4 is 14.8 Å². The molecule has 118 valence electrons. The highest BCUT2D eigenvalue weighted by Gasteiger charge is 2.21. The molecule has 0 saturated heterocycles. The molecule has 1 aromatic rings. The van der Waals surface area contributed by atoms with Gasteiger partial charge in [0.05, 0.1) is 6.54 Å². The minimum Gasteiger partial charge on any atom is -0.485 e. The molecular formula is C16H25NO3S. The Morgan fingerprint density at radius 3 is 2.86 bits per heavy atom. The van der Waals surface area contributed by atoms with Crippen molar-refractivity contribution in [3.63, 3.8) is 0 Å². The number of fused-ring (bicyclic) bond motifs is 1. The number of unbranched alkanes of at least 4 members (excludes halogenated alkanes) is 5. The summed E-state index contributed by atoms with van der Waals surface area (Å²) >= 11 is 1.56. The lowest BCUT2D eigenvalue weighted by Gasteiger charge is -2.24. The van der Waals surface area contributed by atoms with Crippen LogP contribution in [0.5, 0.6) is 11.5 Å². The van der Waals surface area contributed by atoms with Gasteiger partial charge in [0.15, 0.2) is 11.5 Å². The Labute approximate surface area is 130 Å². The molecule has 1 aliphatic rings.